The molecule has 2 aromatic carbocycles. The molecule has 3 aromatic heterocycles. The number of esters is 1. The third kappa shape index (κ3) is 6.93. The second-order valence-corrected chi connectivity index (χ2v) is 13.5. The maximum Gasteiger partial charge on any atom is 0.411 e. The van der Waals surface area contributed by atoms with Crippen molar-refractivity contribution < 1.29 is 36.6 Å². The van der Waals surface area contributed by atoms with Gasteiger partial charge in [-0.2, -0.15) is 13.2 Å². The minimum Gasteiger partial charge on any atom is -0.461 e. The first-order chi connectivity index (χ1) is 25.8. The molecule has 16 heteroatoms. The number of alkyl halides is 3. The highest BCUT2D eigenvalue weighted by Gasteiger charge is 2.46. The van der Waals surface area contributed by atoms with E-state index < -0.39 is 59.4 Å². The van der Waals surface area contributed by atoms with E-state index in [2.05, 4.69) is 15.3 Å². The molecule has 1 amide bonds. The van der Waals surface area contributed by atoms with Crippen LogP contribution >= 0.6 is 0 Å². The molecule has 1 saturated carbocycles. The summed E-state index contributed by atoms with van der Waals surface area (Å²) in [5.41, 5.74) is -0.308. The number of hydrogen-bond acceptors (Lipinski definition) is 9. The molecular formula is C38H36F4N6O6. The number of carbonyl (C=O) groups excluding carboxylic acids is 2. The van der Waals surface area contributed by atoms with Gasteiger partial charge in [0.05, 0.1) is 47.1 Å². The molecule has 0 radical (unpaired) electrons. The van der Waals surface area contributed by atoms with E-state index >= 15 is 4.39 Å². The van der Waals surface area contributed by atoms with Gasteiger partial charge < -0.3 is 19.7 Å². The number of ether oxygens (including phenoxy) is 2. The molecule has 0 unspecified atom stereocenters. The van der Waals surface area contributed by atoms with Crippen molar-refractivity contribution in [1.82, 2.24) is 24.4 Å². The molecule has 12 nitrogen and oxygen atoms in total. The third-order valence-corrected chi connectivity index (χ3v) is 10.1. The van der Waals surface area contributed by atoms with Gasteiger partial charge in [-0.1, -0.05) is 12.1 Å². The van der Waals surface area contributed by atoms with Gasteiger partial charge in [0, 0.05) is 43.5 Å². The van der Waals surface area contributed by atoms with Crippen LogP contribution in [0.5, 0.6) is 0 Å². The number of halogens is 4. The second-order valence-electron chi connectivity index (χ2n) is 13.5. The van der Waals surface area contributed by atoms with Crippen molar-refractivity contribution in [2.75, 3.05) is 24.7 Å². The van der Waals surface area contributed by atoms with Gasteiger partial charge >= 0.3 is 17.8 Å². The standard InChI is InChI=1S/C38H36F4N6O6/c1-21-16-23(47-14-15-53-20-31(47)38(40,41)42)18-27(39)32(21)34(49)45-28(36(51)54-24-6-3-4-7-24)17-22-9-10-29(33-25(22)8-5-12-44-33)48-35(50)26-11-13-43-19-30(26)46(2)37(48)52/h5,8-13,16,18-19,24,28,31H,3-4,6-7,14-15,17,20H2,1-2H3,(H,45,49)/t28-,31+/m0/s1. The quantitative estimate of drug-likeness (QED) is 0.177. The molecule has 0 bridgehead atoms. The monoisotopic (exact) mass is 748 g/mol. The van der Waals surface area contributed by atoms with E-state index in [1.165, 1.54) is 55.3 Å². The summed E-state index contributed by atoms with van der Waals surface area (Å²) in [5, 5.41) is 3.36. The van der Waals surface area contributed by atoms with Gasteiger partial charge in [-0.15, -0.1) is 0 Å². The average Bonchev–Trinajstić information content (AvgIpc) is 3.67. The van der Waals surface area contributed by atoms with Crippen molar-refractivity contribution in [3.05, 3.63) is 104 Å². The predicted octanol–water partition coefficient (Wildman–Crippen LogP) is 4.67. The number of nitrogens with zero attached hydrogens (tertiary/aromatic N) is 5. The molecule has 2 atom stereocenters. The summed E-state index contributed by atoms with van der Waals surface area (Å²) in [6, 6.07) is 6.87. The van der Waals surface area contributed by atoms with Crippen molar-refractivity contribution >= 4 is 39.4 Å². The van der Waals surface area contributed by atoms with Gasteiger partial charge in [-0.25, -0.2) is 18.5 Å². The van der Waals surface area contributed by atoms with E-state index in [9.17, 15) is 32.3 Å². The van der Waals surface area contributed by atoms with E-state index in [4.69, 9.17) is 9.47 Å². The Bertz CT molecular complexity index is 2370. The molecule has 1 aliphatic heterocycles. The molecule has 7 rings (SSSR count). The first-order valence-electron chi connectivity index (χ1n) is 17.5. The number of hydrogen-bond donors (Lipinski definition) is 1. The maximum atomic E-state index is 15.8. The van der Waals surface area contributed by atoms with Crippen molar-refractivity contribution in [2.24, 2.45) is 7.05 Å². The molecule has 4 heterocycles. The molecule has 2 aliphatic rings. The number of pyridine rings is 2. The Kier molecular flexibility index (Phi) is 9.96. The molecule has 0 spiro atoms. The smallest absolute Gasteiger partial charge is 0.411 e. The SMILES string of the molecule is Cc1cc(N2CCOC[C@@H]2C(F)(F)F)cc(F)c1C(=O)N[C@@H](Cc1ccc(-n2c(=O)c3ccncc3n(C)c2=O)c2ncccc12)C(=O)OC1CCCC1. The largest absolute Gasteiger partial charge is 0.461 e. The average molecular weight is 749 g/mol. The van der Waals surface area contributed by atoms with Crippen LogP contribution in [0.2, 0.25) is 0 Å². The molecule has 282 valence electrons. The zero-order valence-electron chi connectivity index (χ0n) is 29.4. The van der Waals surface area contributed by atoms with Crippen molar-refractivity contribution in [2.45, 2.75) is 63.4 Å². The zero-order valence-corrected chi connectivity index (χ0v) is 29.4. The lowest BCUT2D eigenvalue weighted by Gasteiger charge is -2.38. The molecule has 2 fully saturated rings. The highest BCUT2D eigenvalue weighted by atomic mass is 19.4. The Morgan fingerprint density at radius 2 is 1.85 bits per heavy atom. The van der Waals surface area contributed by atoms with E-state index in [0.717, 1.165) is 28.4 Å². The van der Waals surface area contributed by atoms with Crippen LogP contribution in [0.1, 0.15) is 47.2 Å². The Labute approximate surface area is 305 Å². The minimum absolute atomic E-state index is 0.0127. The van der Waals surface area contributed by atoms with Gasteiger partial charge in [0.1, 0.15) is 24.0 Å². The molecule has 1 aliphatic carbocycles. The van der Waals surface area contributed by atoms with Crippen LogP contribution in [-0.2, 0) is 27.7 Å². The first-order valence-corrected chi connectivity index (χ1v) is 17.5. The van der Waals surface area contributed by atoms with Gasteiger partial charge in [-0.3, -0.25) is 24.1 Å². The fourth-order valence-corrected chi connectivity index (χ4v) is 7.34. The Morgan fingerprint density at radius 1 is 1.07 bits per heavy atom. The Hall–Kier alpha value is -5.64. The van der Waals surface area contributed by atoms with Crippen LogP contribution in [0.3, 0.4) is 0 Å². The minimum atomic E-state index is -4.63. The number of amides is 1. The number of aromatic nitrogens is 4. The van der Waals surface area contributed by atoms with E-state index in [0.29, 0.717) is 29.3 Å². The van der Waals surface area contributed by atoms with Gasteiger partial charge in [0.25, 0.3) is 11.5 Å². The van der Waals surface area contributed by atoms with E-state index in [1.54, 1.807) is 18.2 Å². The van der Waals surface area contributed by atoms with E-state index in [1.807, 2.05) is 0 Å². The van der Waals surface area contributed by atoms with Crippen LogP contribution in [-0.4, -0.2) is 75.1 Å². The van der Waals surface area contributed by atoms with E-state index in [-0.39, 0.29) is 53.5 Å². The number of anilines is 1. The summed E-state index contributed by atoms with van der Waals surface area (Å²) in [6.07, 6.45) is 2.26. The third-order valence-electron chi connectivity index (χ3n) is 10.1. The highest BCUT2D eigenvalue weighted by molar-refractivity contribution is 5.99. The number of benzene rings is 2. The van der Waals surface area contributed by atoms with Crippen LogP contribution in [0.4, 0.5) is 23.2 Å². The van der Waals surface area contributed by atoms with Crippen LogP contribution in [0, 0.1) is 12.7 Å². The fraction of sp³-hybridized carbons (Fsp3) is 0.368. The number of nitrogens with one attached hydrogen (secondary N) is 1. The lowest BCUT2D eigenvalue weighted by molar-refractivity contribution is -0.167. The highest BCUT2D eigenvalue weighted by Crippen LogP contribution is 2.33. The van der Waals surface area contributed by atoms with Crippen LogP contribution in [0.25, 0.3) is 27.5 Å². The van der Waals surface area contributed by atoms with Crippen molar-refractivity contribution in [3.63, 3.8) is 0 Å². The lowest BCUT2D eigenvalue weighted by atomic mass is 9.99. The maximum absolute atomic E-state index is 15.8. The number of carbonyl (C=O) groups is 2. The summed E-state index contributed by atoms with van der Waals surface area (Å²) in [6.45, 7) is 0.672. The molecule has 5 aromatic rings. The number of fused-ring (bicyclic) bond motifs is 2. The number of morpholine rings is 1. The lowest BCUT2D eigenvalue weighted by Crippen LogP contribution is -2.53. The summed E-state index contributed by atoms with van der Waals surface area (Å²) in [5.74, 6) is -2.77. The van der Waals surface area contributed by atoms with Gasteiger partial charge in [0.2, 0.25) is 0 Å². The number of aryl methyl sites for hydroxylation is 2. The van der Waals surface area contributed by atoms with Gasteiger partial charge in [0.15, 0.2) is 0 Å². The van der Waals surface area contributed by atoms with Gasteiger partial charge in [-0.05, 0) is 74.1 Å². The second kappa shape index (κ2) is 14.6. The summed E-state index contributed by atoms with van der Waals surface area (Å²) in [4.78, 5) is 64.2. The Morgan fingerprint density at radius 3 is 2.59 bits per heavy atom. The topological polar surface area (TPSA) is 138 Å². The molecular weight excluding hydrogens is 712 g/mol. The first kappa shape index (κ1) is 36.7. The summed E-state index contributed by atoms with van der Waals surface area (Å²) < 4.78 is 70.3. The van der Waals surface area contributed by atoms with Crippen LogP contribution in [0.15, 0.2) is 70.6 Å². The normalized spacial score (nSPS) is 17.2. The van der Waals surface area contributed by atoms with Crippen molar-refractivity contribution in [1.29, 1.82) is 0 Å². The summed E-state index contributed by atoms with van der Waals surface area (Å²) in [7, 11) is 1.52. The molecule has 1 saturated heterocycles. The summed E-state index contributed by atoms with van der Waals surface area (Å²) >= 11 is 0. The van der Waals surface area contributed by atoms with Crippen LogP contribution < -0.4 is 21.5 Å². The molecule has 1 N–H and O–H groups in total. The Balaban J connectivity index is 1.24. The fourth-order valence-electron chi connectivity index (χ4n) is 7.34. The zero-order chi connectivity index (χ0) is 38.3. The predicted molar refractivity (Wildman–Crippen MR) is 190 cm³/mol. The van der Waals surface area contributed by atoms with Crippen molar-refractivity contribution in [3.8, 4) is 5.69 Å². The molecule has 54 heavy (non-hydrogen) atoms. The number of rotatable bonds is 8.